The van der Waals surface area contributed by atoms with Crippen LogP contribution in [-0.4, -0.2) is 15.6 Å². The number of carbonyl (C=O) groups is 1. The summed E-state index contributed by atoms with van der Waals surface area (Å²) in [6.45, 7) is 1.96. The molecule has 0 spiro atoms. The maximum atomic E-state index is 14.0. The van der Waals surface area contributed by atoms with E-state index < -0.39 is 18.1 Å². The number of carbonyl (C=O) groups excluding carboxylic acids is 1. The Balaban J connectivity index is 1.55. The van der Waals surface area contributed by atoms with Crippen molar-refractivity contribution in [1.82, 2.24) is 9.59 Å². The summed E-state index contributed by atoms with van der Waals surface area (Å²) >= 11 is 0.986. The number of benzene rings is 2. The first-order valence-corrected chi connectivity index (χ1v) is 9.56. The third-order valence-corrected chi connectivity index (χ3v) is 5.08. The zero-order valence-electron chi connectivity index (χ0n) is 15.1. The van der Waals surface area contributed by atoms with Crippen molar-refractivity contribution in [2.24, 2.45) is 0 Å². The van der Waals surface area contributed by atoms with Crippen LogP contribution in [0.2, 0.25) is 0 Å². The molecule has 0 aliphatic carbocycles. The van der Waals surface area contributed by atoms with Gasteiger partial charge in [0.1, 0.15) is 18.2 Å². The fourth-order valence-corrected chi connectivity index (χ4v) is 3.61. The SMILES string of the molecule is CCc1nnsc1C(=O)OCc1cc(F)cc2c1O[C@@H](c1ccccc1)OC2. The molecule has 6 nitrogen and oxygen atoms in total. The van der Waals surface area contributed by atoms with Crippen molar-refractivity contribution in [2.45, 2.75) is 32.8 Å². The summed E-state index contributed by atoms with van der Waals surface area (Å²) < 4.78 is 34.9. The maximum absolute atomic E-state index is 14.0. The molecule has 28 heavy (non-hydrogen) atoms. The van der Waals surface area contributed by atoms with Gasteiger partial charge in [0.25, 0.3) is 0 Å². The molecule has 3 aromatic rings. The number of hydrogen-bond acceptors (Lipinski definition) is 7. The fourth-order valence-electron chi connectivity index (χ4n) is 2.96. The van der Waals surface area contributed by atoms with Crippen LogP contribution < -0.4 is 4.74 Å². The molecule has 1 atom stereocenters. The van der Waals surface area contributed by atoms with Crippen LogP contribution in [0.1, 0.15) is 45.3 Å². The summed E-state index contributed by atoms with van der Waals surface area (Å²) in [5.41, 5.74) is 2.46. The predicted molar refractivity (Wildman–Crippen MR) is 99.4 cm³/mol. The number of fused-ring (bicyclic) bond motifs is 1. The lowest BCUT2D eigenvalue weighted by atomic mass is 10.1. The first-order chi connectivity index (χ1) is 13.7. The summed E-state index contributed by atoms with van der Waals surface area (Å²) in [6, 6.07) is 12.1. The van der Waals surface area contributed by atoms with Crippen LogP contribution in [0.15, 0.2) is 42.5 Å². The molecule has 1 aliphatic heterocycles. The van der Waals surface area contributed by atoms with Gasteiger partial charge in [-0.25, -0.2) is 9.18 Å². The van der Waals surface area contributed by atoms with Crippen LogP contribution in [0.3, 0.4) is 0 Å². The second kappa shape index (κ2) is 8.04. The van der Waals surface area contributed by atoms with Crippen molar-refractivity contribution >= 4 is 17.5 Å². The van der Waals surface area contributed by atoms with Crippen LogP contribution in [0.5, 0.6) is 5.75 Å². The quantitative estimate of drug-likeness (QED) is 0.598. The van der Waals surface area contributed by atoms with E-state index in [2.05, 4.69) is 9.59 Å². The van der Waals surface area contributed by atoms with E-state index in [-0.39, 0.29) is 13.2 Å². The van der Waals surface area contributed by atoms with E-state index in [1.54, 1.807) is 0 Å². The summed E-state index contributed by atoms with van der Waals surface area (Å²) in [6.07, 6.45) is -0.0267. The number of nitrogens with zero attached hydrogens (tertiary/aromatic N) is 2. The first-order valence-electron chi connectivity index (χ1n) is 8.78. The second-order valence-corrected chi connectivity index (χ2v) is 6.96. The van der Waals surface area contributed by atoms with E-state index in [4.69, 9.17) is 14.2 Å². The third-order valence-electron chi connectivity index (χ3n) is 4.33. The Kier molecular flexibility index (Phi) is 5.31. The van der Waals surface area contributed by atoms with E-state index in [9.17, 15) is 9.18 Å². The summed E-state index contributed by atoms with van der Waals surface area (Å²) in [4.78, 5) is 12.7. The van der Waals surface area contributed by atoms with Gasteiger partial charge in [-0.2, -0.15) is 0 Å². The molecule has 0 saturated heterocycles. The molecule has 1 aliphatic rings. The van der Waals surface area contributed by atoms with Gasteiger partial charge >= 0.3 is 5.97 Å². The van der Waals surface area contributed by atoms with E-state index in [0.717, 1.165) is 17.1 Å². The number of rotatable bonds is 5. The molecule has 0 radical (unpaired) electrons. The normalized spacial score (nSPS) is 15.6. The van der Waals surface area contributed by atoms with E-state index in [1.165, 1.54) is 12.1 Å². The molecule has 4 rings (SSSR count). The largest absolute Gasteiger partial charge is 0.460 e. The molecule has 1 aromatic heterocycles. The van der Waals surface area contributed by atoms with Crippen molar-refractivity contribution < 1.29 is 23.4 Å². The molecule has 0 fully saturated rings. The lowest BCUT2D eigenvalue weighted by Crippen LogP contribution is -2.20. The van der Waals surface area contributed by atoms with Gasteiger partial charge in [0.15, 0.2) is 4.88 Å². The van der Waals surface area contributed by atoms with Crippen molar-refractivity contribution in [3.05, 3.63) is 75.5 Å². The Morgan fingerprint density at radius 3 is 2.93 bits per heavy atom. The summed E-state index contributed by atoms with van der Waals surface area (Å²) in [5, 5.41) is 3.91. The minimum absolute atomic E-state index is 0.124. The fraction of sp³-hybridized carbons (Fsp3) is 0.250. The number of esters is 1. The van der Waals surface area contributed by atoms with Crippen LogP contribution in [0, 0.1) is 5.82 Å². The van der Waals surface area contributed by atoms with Crippen molar-refractivity contribution in [1.29, 1.82) is 0 Å². The minimum atomic E-state index is -0.606. The average Bonchev–Trinajstić information content (AvgIpc) is 3.21. The molecular weight excluding hydrogens is 383 g/mol. The Morgan fingerprint density at radius 1 is 1.32 bits per heavy atom. The zero-order valence-corrected chi connectivity index (χ0v) is 15.9. The van der Waals surface area contributed by atoms with Crippen LogP contribution in [-0.2, 0) is 29.1 Å². The molecule has 0 bridgehead atoms. The predicted octanol–water partition coefficient (Wildman–Crippen LogP) is 4.20. The summed E-state index contributed by atoms with van der Waals surface area (Å²) in [7, 11) is 0. The van der Waals surface area contributed by atoms with Crippen LogP contribution in [0.4, 0.5) is 4.39 Å². The smallest absolute Gasteiger partial charge is 0.352 e. The molecule has 0 amide bonds. The molecule has 0 unspecified atom stereocenters. The van der Waals surface area contributed by atoms with Gasteiger partial charge < -0.3 is 14.2 Å². The molecule has 2 heterocycles. The molecule has 144 valence electrons. The van der Waals surface area contributed by atoms with Gasteiger partial charge in [0, 0.05) is 16.7 Å². The molecular formula is C20H17FN2O4S. The zero-order chi connectivity index (χ0) is 19.5. The van der Waals surface area contributed by atoms with Crippen molar-refractivity contribution in [3.63, 3.8) is 0 Å². The molecule has 8 heteroatoms. The number of hydrogen-bond donors (Lipinski definition) is 0. The Bertz CT molecular complexity index is 993. The molecule has 0 saturated carbocycles. The molecule has 2 aromatic carbocycles. The van der Waals surface area contributed by atoms with Gasteiger partial charge in [-0.15, -0.1) is 5.10 Å². The number of halogens is 1. The topological polar surface area (TPSA) is 70.5 Å². The van der Waals surface area contributed by atoms with Gasteiger partial charge in [-0.3, -0.25) is 0 Å². The number of aromatic nitrogens is 2. The number of aryl methyl sites for hydroxylation is 1. The first kappa shape index (κ1) is 18.5. The highest BCUT2D eigenvalue weighted by molar-refractivity contribution is 7.07. The highest BCUT2D eigenvalue weighted by atomic mass is 32.1. The van der Waals surface area contributed by atoms with Gasteiger partial charge in [-0.05, 0) is 30.1 Å². The van der Waals surface area contributed by atoms with E-state index in [0.29, 0.717) is 33.9 Å². The van der Waals surface area contributed by atoms with Crippen molar-refractivity contribution in [2.75, 3.05) is 0 Å². The number of ether oxygens (including phenoxy) is 3. The molecule has 0 N–H and O–H groups in total. The maximum Gasteiger partial charge on any atom is 0.352 e. The van der Waals surface area contributed by atoms with Gasteiger partial charge in [0.05, 0.1) is 12.3 Å². The van der Waals surface area contributed by atoms with Crippen LogP contribution in [0.25, 0.3) is 0 Å². The third kappa shape index (κ3) is 3.74. The Morgan fingerprint density at radius 2 is 2.14 bits per heavy atom. The summed E-state index contributed by atoms with van der Waals surface area (Å²) in [5.74, 6) is -0.493. The van der Waals surface area contributed by atoms with Crippen molar-refractivity contribution in [3.8, 4) is 5.75 Å². The minimum Gasteiger partial charge on any atom is -0.460 e. The highest BCUT2D eigenvalue weighted by Crippen LogP contribution is 2.37. The monoisotopic (exact) mass is 400 g/mol. The second-order valence-electron chi connectivity index (χ2n) is 6.20. The van der Waals surface area contributed by atoms with E-state index >= 15 is 0 Å². The Hall–Kier alpha value is -2.84. The van der Waals surface area contributed by atoms with E-state index in [1.807, 2.05) is 37.3 Å². The van der Waals surface area contributed by atoms with Crippen LogP contribution >= 0.6 is 11.5 Å². The Labute approximate surface area is 165 Å². The standard InChI is InChI=1S/C20H17FN2O4S/c1-2-16-18(28-23-22-16)19(24)25-10-13-8-15(21)9-14-11-26-20(27-17(13)14)12-6-4-3-5-7-12/h3-9,20H,2,10-11H2,1H3/t20-/m0/s1. The lowest BCUT2D eigenvalue weighted by molar-refractivity contribution is -0.112. The van der Waals surface area contributed by atoms with Gasteiger partial charge in [-0.1, -0.05) is 41.7 Å². The lowest BCUT2D eigenvalue weighted by Gasteiger charge is -2.28. The highest BCUT2D eigenvalue weighted by Gasteiger charge is 2.26. The average molecular weight is 400 g/mol. The van der Waals surface area contributed by atoms with Gasteiger partial charge in [0.2, 0.25) is 6.29 Å².